The molecule has 2 aromatic carbocycles. The summed E-state index contributed by atoms with van der Waals surface area (Å²) in [6.07, 6.45) is 0.213. The van der Waals surface area contributed by atoms with Gasteiger partial charge in [-0.1, -0.05) is 11.6 Å². The van der Waals surface area contributed by atoms with Gasteiger partial charge in [0.05, 0.1) is 18.5 Å². The van der Waals surface area contributed by atoms with Crippen molar-refractivity contribution in [1.29, 1.82) is 0 Å². The van der Waals surface area contributed by atoms with Crippen molar-refractivity contribution >= 4 is 44.8 Å². The van der Waals surface area contributed by atoms with E-state index >= 15 is 0 Å². The molecule has 1 N–H and O–H groups in total. The van der Waals surface area contributed by atoms with E-state index in [0.29, 0.717) is 16.3 Å². The van der Waals surface area contributed by atoms with Gasteiger partial charge in [0, 0.05) is 17.9 Å². The van der Waals surface area contributed by atoms with Gasteiger partial charge in [0.25, 0.3) is 10.0 Å². The zero-order valence-corrected chi connectivity index (χ0v) is 16.2. The minimum absolute atomic E-state index is 0.0944. The Labute approximate surface area is 161 Å². The van der Waals surface area contributed by atoms with Crippen molar-refractivity contribution in [3.8, 4) is 5.75 Å². The number of nitrogens with zero attached hydrogens (tertiary/aromatic N) is 1. The van der Waals surface area contributed by atoms with Crippen LogP contribution in [-0.4, -0.2) is 27.3 Å². The lowest BCUT2D eigenvalue weighted by atomic mass is 10.2. The minimum Gasteiger partial charge on any atom is -0.495 e. The molecule has 1 aliphatic heterocycles. The number of hydrogen-bond acceptors (Lipinski definition) is 5. The molecule has 142 valence electrons. The second-order valence-electron chi connectivity index (χ2n) is 6.02. The monoisotopic (exact) mass is 408 g/mol. The highest BCUT2D eigenvalue weighted by atomic mass is 35.5. The highest BCUT2D eigenvalue weighted by Crippen LogP contribution is 2.33. The van der Waals surface area contributed by atoms with Crippen LogP contribution < -0.4 is 14.4 Å². The van der Waals surface area contributed by atoms with E-state index in [1.165, 1.54) is 25.3 Å². The number of hydrogen-bond donors (Lipinski definition) is 1. The van der Waals surface area contributed by atoms with Crippen LogP contribution in [0, 0.1) is 6.92 Å². The third-order valence-electron chi connectivity index (χ3n) is 4.18. The molecule has 2 aromatic rings. The number of amides is 2. The Kier molecular flexibility index (Phi) is 5.12. The number of carbonyl (C=O) groups excluding carboxylic acids is 2. The molecular formula is C18H17ClN2O5S. The number of methoxy groups -OCH3 is 1. The van der Waals surface area contributed by atoms with Crippen molar-refractivity contribution in [2.24, 2.45) is 0 Å². The highest BCUT2D eigenvalue weighted by Gasteiger charge is 2.32. The average molecular weight is 409 g/mol. The lowest BCUT2D eigenvalue weighted by molar-refractivity contribution is -0.121. The molecule has 3 rings (SSSR count). The first kappa shape index (κ1) is 19.2. The maximum absolute atomic E-state index is 12.9. The van der Waals surface area contributed by atoms with Crippen LogP contribution in [0.5, 0.6) is 5.75 Å². The predicted molar refractivity (Wildman–Crippen MR) is 102 cm³/mol. The van der Waals surface area contributed by atoms with Crippen molar-refractivity contribution < 1.29 is 22.7 Å². The maximum Gasteiger partial charge on any atom is 0.265 e. The highest BCUT2D eigenvalue weighted by molar-refractivity contribution is 7.92. The van der Waals surface area contributed by atoms with E-state index in [-0.39, 0.29) is 41.0 Å². The summed E-state index contributed by atoms with van der Waals surface area (Å²) in [7, 11) is -2.70. The molecule has 0 unspecified atom stereocenters. The van der Waals surface area contributed by atoms with Crippen LogP contribution in [0.1, 0.15) is 18.4 Å². The van der Waals surface area contributed by atoms with E-state index in [2.05, 4.69) is 4.72 Å². The average Bonchev–Trinajstić information content (AvgIpc) is 2.95. The Balaban J connectivity index is 2.04. The molecular weight excluding hydrogens is 392 g/mol. The molecule has 7 nitrogen and oxygen atoms in total. The number of imide groups is 1. The fourth-order valence-electron chi connectivity index (χ4n) is 2.82. The Morgan fingerprint density at radius 1 is 1.07 bits per heavy atom. The van der Waals surface area contributed by atoms with Gasteiger partial charge in [0.15, 0.2) is 0 Å². The fourth-order valence-corrected chi connectivity index (χ4v) is 4.37. The molecule has 0 spiro atoms. The van der Waals surface area contributed by atoms with Gasteiger partial charge in [0.1, 0.15) is 10.6 Å². The molecule has 9 heteroatoms. The standard InChI is InChI=1S/C18H17ClN2O5S/c1-11-9-12(19)3-5-14(11)20-27(24,25)16-10-13(4-6-15(16)26-2)21-17(22)7-8-18(21)23/h3-6,9-10,20H,7-8H2,1-2H3. The predicted octanol–water partition coefficient (Wildman–Crippen LogP) is 3.11. The lowest BCUT2D eigenvalue weighted by Gasteiger charge is -2.18. The number of anilines is 2. The first-order valence-corrected chi connectivity index (χ1v) is 9.92. The van der Waals surface area contributed by atoms with E-state index in [9.17, 15) is 18.0 Å². The summed E-state index contributed by atoms with van der Waals surface area (Å²) in [5.41, 5.74) is 1.20. The molecule has 0 saturated carbocycles. The molecule has 0 aliphatic carbocycles. The van der Waals surface area contributed by atoms with Crippen molar-refractivity contribution in [2.45, 2.75) is 24.7 Å². The number of benzene rings is 2. The van der Waals surface area contributed by atoms with Gasteiger partial charge in [-0.15, -0.1) is 0 Å². The lowest BCUT2D eigenvalue weighted by Crippen LogP contribution is -2.28. The van der Waals surface area contributed by atoms with Crippen molar-refractivity contribution in [1.82, 2.24) is 0 Å². The summed E-state index contributed by atoms with van der Waals surface area (Å²) < 4.78 is 33.5. The van der Waals surface area contributed by atoms with Gasteiger partial charge in [-0.25, -0.2) is 8.42 Å². The van der Waals surface area contributed by atoms with Crippen LogP contribution >= 0.6 is 11.6 Å². The quantitative estimate of drug-likeness (QED) is 0.767. The van der Waals surface area contributed by atoms with Gasteiger partial charge >= 0.3 is 0 Å². The van der Waals surface area contributed by atoms with E-state index in [0.717, 1.165) is 4.90 Å². The van der Waals surface area contributed by atoms with Crippen LogP contribution in [0.4, 0.5) is 11.4 Å². The van der Waals surface area contributed by atoms with Crippen molar-refractivity contribution in [2.75, 3.05) is 16.7 Å². The van der Waals surface area contributed by atoms with E-state index in [4.69, 9.17) is 16.3 Å². The van der Waals surface area contributed by atoms with E-state index in [1.807, 2.05) is 0 Å². The zero-order chi connectivity index (χ0) is 19.8. The summed E-state index contributed by atoms with van der Waals surface area (Å²) in [5, 5.41) is 0.487. The van der Waals surface area contributed by atoms with Crippen LogP contribution in [0.25, 0.3) is 0 Å². The Hall–Kier alpha value is -2.58. The normalized spacial score (nSPS) is 14.6. The first-order chi connectivity index (χ1) is 12.7. The molecule has 2 amide bonds. The summed E-state index contributed by atoms with van der Waals surface area (Å²) in [6.45, 7) is 1.72. The second kappa shape index (κ2) is 7.21. The number of sulfonamides is 1. The Morgan fingerprint density at radius 2 is 1.74 bits per heavy atom. The third-order valence-corrected chi connectivity index (χ3v) is 5.80. The minimum atomic E-state index is -4.05. The van der Waals surface area contributed by atoms with Crippen molar-refractivity contribution in [3.63, 3.8) is 0 Å². The number of aryl methyl sites for hydroxylation is 1. The summed E-state index contributed by atoms with van der Waals surface area (Å²) in [6, 6.07) is 8.91. The smallest absolute Gasteiger partial charge is 0.265 e. The molecule has 1 heterocycles. The maximum atomic E-state index is 12.9. The van der Waals surface area contributed by atoms with Gasteiger partial charge in [0.2, 0.25) is 11.8 Å². The first-order valence-electron chi connectivity index (χ1n) is 8.06. The van der Waals surface area contributed by atoms with Crippen molar-refractivity contribution in [3.05, 3.63) is 47.0 Å². The molecule has 0 atom stereocenters. The molecule has 0 aromatic heterocycles. The summed E-state index contributed by atoms with van der Waals surface area (Å²) in [5.74, 6) is -0.637. The van der Waals surface area contributed by atoms with Gasteiger partial charge in [-0.2, -0.15) is 0 Å². The number of nitrogens with one attached hydrogen (secondary N) is 1. The molecule has 27 heavy (non-hydrogen) atoms. The number of rotatable bonds is 5. The fraction of sp³-hybridized carbons (Fsp3) is 0.222. The van der Waals surface area contributed by atoms with Crippen LogP contribution in [0.3, 0.4) is 0 Å². The second-order valence-corrected chi connectivity index (χ2v) is 8.11. The van der Waals surface area contributed by atoms with E-state index in [1.54, 1.807) is 25.1 Å². The molecule has 1 aliphatic rings. The SMILES string of the molecule is COc1ccc(N2C(=O)CCC2=O)cc1S(=O)(=O)Nc1ccc(Cl)cc1C. The summed E-state index contributed by atoms with van der Waals surface area (Å²) >= 11 is 5.91. The Morgan fingerprint density at radius 3 is 2.33 bits per heavy atom. The number of ether oxygens (including phenoxy) is 1. The van der Waals surface area contributed by atoms with Gasteiger partial charge < -0.3 is 4.74 Å². The largest absolute Gasteiger partial charge is 0.495 e. The molecule has 0 bridgehead atoms. The van der Waals surface area contributed by atoms with Gasteiger partial charge in [-0.05, 0) is 48.9 Å². The number of carbonyl (C=O) groups is 2. The van der Waals surface area contributed by atoms with Crippen LogP contribution in [-0.2, 0) is 19.6 Å². The number of halogens is 1. The topological polar surface area (TPSA) is 92.8 Å². The van der Waals surface area contributed by atoms with Crippen LogP contribution in [0.15, 0.2) is 41.3 Å². The molecule has 0 radical (unpaired) electrons. The Bertz CT molecular complexity index is 1020. The zero-order valence-electron chi connectivity index (χ0n) is 14.7. The third kappa shape index (κ3) is 3.77. The van der Waals surface area contributed by atoms with Gasteiger partial charge in [-0.3, -0.25) is 19.2 Å². The summed E-state index contributed by atoms with van der Waals surface area (Å²) in [4.78, 5) is 24.7. The van der Waals surface area contributed by atoms with E-state index < -0.39 is 10.0 Å². The van der Waals surface area contributed by atoms with Crippen LogP contribution in [0.2, 0.25) is 5.02 Å². The molecule has 1 fully saturated rings. The molecule has 1 saturated heterocycles.